The van der Waals surface area contributed by atoms with E-state index in [9.17, 15) is 9.46 Å². The average molecular weight is 592 g/mol. The van der Waals surface area contributed by atoms with Crippen LogP contribution < -0.4 is 4.89 Å². The first-order valence-corrected chi connectivity index (χ1v) is 17.8. The van der Waals surface area contributed by atoms with Crippen molar-refractivity contribution in [2.75, 3.05) is 61.2 Å². The molecule has 8 heteroatoms. The second kappa shape index (κ2) is 27.6. The molecule has 0 amide bonds. The van der Waals surface area contributed by atoms with Gasteiger partial charge in [0.2, 0.25) is 0 Å². The summed E-state index contributed by atoms with van der Waals surface area (Å²) in [5, 5.41) is 0. The van der Waals surface area contributed by atoms with Crippen molar-refractivity contribution < 1.29 is 32.5 Å². The molecule has 0 radical (unpaired) electrons. The molecule has 0 heterocycles. The highest BCUT2D eigenvalue weighted by atomic mass is 31.2. The minimum absolute atomic E-state index is 0.0928. The van der Waals surface area contributed by atoms with Gasteiger partial charge in [0.1, 0.15) is 19.3 Å². The Morgan fingerprint density at radius 2 is 1.15 bits per heavy atom. The molecule has 0 saturated carbocycles. The molecule has 0 aliphatic carbocycles. The van der Waals surface area contributed by atoms with Crippen molar-refractivity contribution >= 4 is 7.82 Å². The summed E-state index contributed by atoms with van der Waals surface area (Å²) in [5.74, 6) is 0. The van der Waals surface area contributed by atoms with E-state index >= 15 is 0 Å². The van der Waals surface area contributed by atoms with Crippen LogP contribution in [0.4, 0.5) is 0 Å². The van der Waals surface area contributed by atoms with E-state index in [0.717, 1.165) is 12.8 Å². The maximum absolute atomic E-state index is 11.9. The Labute approximate surface area is 248 Å². The number of rotatable bonds is 31. The maximum Gasteiger partial charge on any atom is 0.268 e. The van der Waals surface area contributed by atoms with E-state index in [1.54, 1.807) is 0 Å². The molecule has 0 rings (SSSR count). The third-order valence-electron chi connectivity index (χ3n) is 7.12. The molecule has 0 fully saturated rings. The van der Waals surface area contributed by atoms with E-state index in [1.165, 1.54) is 116 Å². The third kappa shape index (κ3) is 30.7. The van der Waals surface area contributed by atoms with Gasteiger partial charge >= 0.3 is 0 Å². The molecule has 0 bridgehead atoms. The number of nitrogens with zero attached hydrogens (tertiary/aromatic N) is 1. The first-order valence-electron chi connectivity index (χ1n) is 16.4. The standard InChI is InChI=1S/C32H66NO6P/c1-6-7-8-9-10-11-12-13-14-15-16-17-18-19-20-21-22-23-24-25-26-28-37-30-32(36-5)31-39-40(34,35)38-29-27-33(2,3)4/h15-16,32H,6-14,17-31H2,1-5H3/b16-15-/t32-/m1/s1. The van der Waals surface area contributed by atoms with Crippen LogP contribution >= 0.6 is 7.82 Å². The summed E-state index contributed by atoms with van der Waals surface area (Å²) in [6, 6.07) is 0. The molecule has 0 spiro atoms. The molecule has 0 N–H and O–H groups in total. The molecule has 0 aliphatic heterocycles. The van der Waals surface area contributed by atoms with Gasteiger partial charge in [0.25, 0.3) is 7.82 Å². The maximum atomic E-state index is 11.9. The first kappa shape index (κ1) is 39.7. The summed E-state index contributed by atoms with van der Waals surface area (Å²) in [6.45, 7) is 3.81. The van der Waals surface area contributed by atoms with Crippen LogP contribution in [0.1, 0.15) is 129 Å². The number of quaternary nitrogens is 1. The van der Waals surface area contributed by atoms with Gasteiger partial charge in [-0.15, -0.1) is 0 Å². The highest BCUT2D eigenvalue weighted by Gasteiger charge is 2.16. The zero-order chi connectivity index (χ0) is 29.8. The van der Waals surface area contributed by atoms with Gasteiger partial charge in [-0.05, 0) is 32.1 Å². The molecular formula is C32H66NO6P. The van der Waals surface area contributed by atoms with Crippen LogP contribution in [0, 0.1) is 0 Å². The minimum atomic E-state index is -4.33. The molecular weight excluding hydrogens is 525 g/mol. The van der Waals surface area contributed by atoms with Gasteiger partial charge in [-0.25, -0.2) is 0 Å². The SMILES string of the molecule is CCCCCCCCCC/C=C\CCCCCCCCCCCOC[C@H](COP(=O)([O-])OCC[N+](C)(C)C)OC. The summed E-state index contributed by atoms with van der Waals surface area (Å²) < 4.78 is 33.3. The molecule has 240 valence electrons. The van der Waals surface area contributed by atoms with Crippen molar-refractivity contribution in [3.05, 3.63) is 12.2 Å². The number of hydrogen-bond acceptors (Lipinski definition) is 6. The van der Waals surface area contributed by atoms with Crippen molar-refractivity contribution in [3.8, 4) is 0 Å². The van der Waals surface area contributed by atoms with Gasteiger partial charge in [-0.1, -0.05) is 109 Å². The second-order valence-electron chi connectivity index (χ2n) is 12.2. The Hall–Kier alpha value is -0.270. The van der Waals surface area contributed by atoms with Crippen LogP contribution in [0.15, 0.2) is 12.2 Å². The topological polar surface area (TPSA) is 77.1 Å². The van der Waals surface area contributed by atoms with Gasteiger partial charge in [0.05, 0.1) is 34.4 Å². The lowest BCUT2D eigenvalue weighted by Gasteiger charge is -2.28. The Morgan fingerprint density at radius 3 is 1.62 bits per heavy atom. The number of likely N-dealkylation sites (N-methyl/N-ethyl adjacent to an activating group) is 1. The normalized spacial score (nSPS) is 14.7. The van der Waals surface area contributed by atoms with Crippen LogP contribution in [0.5, 0.6) is 0 Å². The zero-order valence-electron chi connectivity index (χ0n) is 27.0. The number of phosphoric ester groups is 1. The molecule has 7 nitrogen and oxygen atoms in total. The molecule has 40 heavy (non-hydrogen) atoms. The third-order valence-corrected chi connectivity index (χ3v) is 8.08. The minimum Gasteiger partial charge on any atom is -0.756 e. The Bertz CT molecular complexity index is 611. The lowest BCUT2D eigenvalue weighted by atomic mass is 10.1. The van der Waals surface area contributed by atoms with Crippen LogP contribution in [0.3, 0.4) is 0 Å². The van der Waals surface area contributed by atoms with Gasteiger partial charge in [-0.3, -0.25) is 4.57 Å². The van der Waals surface area contributed by atoms with Crippen LogP contribution in [-0.2, 0) is 23.1 Å². The molecule has 0 aliphatic rings. The lowest BCUT2D eigenvalue weighted by Crippen LogP contribution is -2.37. The van der Waals surface area contributed by atoms with Gasteiger partial charge in [-0.2, -0.15) is 0 Å². The summed E-state index contributed by atoms with van der Waals surface area (Å²) >= 11 is 0. The quantitative estimate of drug-likeness (QED) is 0.0350. The van der Waals surface area contributed by atoms with E-state index in [-0.39, 0.29) is 13.2 Å². The average Bonchev–Trinajstić information content (AvgIpc) is 2.90. The van der Waals surface area contributed by atoms with Gasteiger partial charge in [0.15, 0.2) is 0 Å². The summed E-state index contributed by atoms with van der Waals surface area (Å²) in [7, 11) is 3.11. The van der Waals surface area contributed by atoms with E-state index in [4.69, 9.17) is 18.5 Å². The van der Waals surface area contributed by atoms with Crippen molar-refractivity contribution in [2.45, 2.75) is 135 Å². The fourth-order valence-corrected chi connectivity index (χ4v) is 5.10. The predicted octanol–water partition coefficient (Wildman–Crippen LogP) is 8.21. The Kier molecular flexibility index (Phi) is 27.4. The van der Waals surface area contributed by atoms with E-state index in [2.05, 4.69) is 19.1 Å². The second-order valence-corrected chi connectivity index (χ2v) is 13.6. The number of hydrogen-bond donors (Lipinski definition) is 0. The molecule has 0 aromatic carbocycles. The van der Waals surface area contributed by atoms with Crippen molar-refractivity contribution in [1.82, 2.24) is 0 Å². The van der Waals surface area contributed by atoms with Gasteiger partial charge in [0, 0.05) is 13.7 Å². The van der Waals surface area contributed by atoms with Crippen LogP contribution in [0.2, 0.25) is 0 Å². The number of ether oxygens (including phenoxy) is 2. The number of allylic oxidation sites excluding steroid dienone is 2. The van der Waals surface area contributed by atoms with E-state index in [0.29, 0.717) is 24.2 Å². The zero-order valence-corrected chi connectivity index (χ0v) is 27.9. The molecule has 0 aromatic heterocycles. The molecule has 0 saturated heterocycles. The number of unbranched alkanes of at least 4 members (excludes halogenated alkanes) is 17. The highest BCUT2D eigenvalue weighted by molar-refractivity contribution is 7.45. The van der Waals surface area contributed by atoms with Gasteiger partial charge < -0.3 is 27.9 Å². The van der Waals surface area contributed by atoms with Crippen LogP contribution in [-0.4, -0.2) is 71.8 Å². The smallest absolute Gasteiger partial charge is 0.268 e. The molecule has 2 atom stereocenters. The van der Waals surface area contributed by atoms with Crippen molar-refractivity contribution in [3.63, 3.8) is 0 Å². The largest absolute Gasteiger partial charge is 0.756 e. The van der Waals surface area contributed by atoms with E-state index < -0.39 is 13.9 Å². The van der Waals surface area contributed by atoms with E-state index in [1.807, 2.05) is 21.1 Å². The Balaban J connectivity index is 3.45. The lowest BCUT2D eigenvalue weighted by molar-refractivity contribution is -0.870. The molecule has 0 aromatic rings. The number of methoxy groups -OCH3 is 1. The van der Waals surface area contributed by atoms with Crippen molar-refractivity contribution in [2.24, 2.45) is 0 Å². The monoisotopic (exact) mass is 591 g/mol. The fraction of sp³-hybridized carbons (Fsp3) is 0.938. The Morgan fingerprint density at radius 1 is 0.675 bits per heavy atom. The fourth-order valence-electron chi connectivity index (χ4n) is 4.37. The summed E-state index contributed by atoms with van der Waals surface area (Å²) in [5.41, 5.74) is 0. The van der Waals surface area contributed by atoms with Crippen molar-refractivity contribution in [1.29, 1.82) is 0 Å². The molecule has 1 unspecified atom stereocenters. The number of phosphoric acid groups is 1. The highest BCUT2D eigenvalue weighted by Crippen LogP contribution is 2.38. The first-order chi connectivity index (χ1) is 19.2. The van der Waals surface area contributed by atoms with Crippen LogP contribution in [0.25, 0.3) is 0 Å². The predicted molar refractivity (Wildman–Crippen MR) is 167 cm³/mol. The summed E-state index contributed by atoms with van der Waals surface area (Å²) in [4.78, 5) is 11.9. The summed E-state index contributed by atoms with van der Waals surface area (Å²) in [6.07, 6.45) is 29.5.